The number of phenolic OH excluding ortho intramolecular Hbond substituents is 1. The number of H-pyrrole nitrogens is 1. The van der Waals surface area contributed by atoms with Crippen LogP contribution in [-0.4, -0.2) is 40.7 Å². The molecule has 2 heterocycles. The van der Waals surface area contributed by atoms with Gasteiger partial charge in [-0.1, -0.05) is 75.4 Å². The van der Waals surface area contributed by atoms with Crippen molar-refractivity contribution in [2.24, 2.45) is 0 Å². The van der Waals surface area contributed by atoms with E-state index >= 15 is 0 Å². The molecule has 0 radical (unpaired) electrons. The molecule has 2 aromatic heterocycles. The molecule has 0 aliphatic rings. The van der Waals surface area contributed by atoms with Gasteiger partial charge in [-0.2, -0.15) is 0 Å². The van der Waals surface area contributed by atoms with Crippen LogP contribution in [0.15, 0.2) is 105 Å². The van der Waals surface area contributed by atoms with E-state index in [4.69, 9.17) is 8.84 Å². The van der Waals surface area contributed by atoms with Crippen molar-refractivity contribution in [2.75, 3.05) is 11.9 Å². The molecule has 0 aliphatic heterocycles. The maximum atomic E-state index is 12.9. The van der Waals surface area contributed by atoms with Crippen LogP contribution in [0.2, 0.25) is 18.1 Å². The number of oxazole rings is 1. The van der Waals surface area contributed by atoms with Crippen molar-refractivity contribution in [3.63, 3.8) is 0 Å². The first kappa shape index (κ1) is 37.3. The number of fused-ring (bicyclic) bond motifs is 2. The number of aromatic nitrogens is 2. The highest BCUT2D eigenvalue weighted by atomic mass is 28.4. The van der Waals surface area contributed by atoms with E-state index in [-0.39, 0.29) is 22.5 Å². The average Bonchev–Trinajstić information content (AvgIpc) is 3.41. The highest BCUT2D eigenvalue weighted by Gasteiger charge is 2.39. The SMILES string of the molecule is CC(C)(C)[Si](C)(C)O[C@@H](CNCc1ccc2c(c1)oc(=O)n2CCCc1ccc(-c2ccccc2)c(NC(=O)O)c1)c1ccc(O)c2[nH]c(=O)ccc12. The van der Waals surface area contributed by atoms with Crippen molar-refractivity contribution >= 4 is 42.1 Å². The number of carbonyl (C=O) groups is 1. The van der Waals surface area contributed by atoms with Gasteiger partial charge in [-0.25, -0.2) is 9.59 Å². The quantitative estimate of drug-likeness (QED) is 0.0741. The number of anilines is 1. The summed E-state index contributed by atoms with van der Waals surface area (Å²) < 4.78 is 14.2. The topological polar surface area (TPSA) is 159 Å². The summed E-state index contributed by atoms with van der Waals surface area (Å²) in [5.41, 5.74) is 6.26. The Morgan fingerprint density at radius 2 is 1.72 bits per heavy atom. The fraction of sp³-hybridized carbons (Fsp3) is 0.293. The second kappa shape index (κ2) is 15.3. The third kappa shape index (κ3) is 8.46. The van der Waals surface area contributed by atoms with Gasteiger partial charge < -0.3 is 29.4 Å². The number of aromatic amines is 1. The Morgan fingerprint density at radius 3 is 2.45 bits per heavy atom. The van der Waals surface area contributed by atoms with Crippen LogP contribution in [0.4, 0.5) is 10.5 Å². The van der Waals surface area contributed by atoms with Gasteiger partial charge in [0.1, 0.15) is 5.75 Å². The van der Waals surface area contributed by atoms with Crippen molar-refractivity contribution in [1.29, 1.82) is 0 Å². The average molecular weight is 735 g/mol. The predicted octanol–water partition coefficient (Wildman–Crippen LogP) is 8.38. The number of benzene rings is 4. The van der Waals surface area contributed by atoms with Crippen LogP contribution in [-0.2, 0) is 23.9 Å². The van der Waals surface area contributed by atoms with Gasteiger partial charge in [0.15, 0.2) is 13.9 Å². The number of rotatable bonds is 13. The number of phenols is 1. The van der Waals surface area contributed by atoms with E-state index in [1.807, 2.05) is 72.8 Å². The molecule has 0 unspecified atom stereocenters. The van der Waals surface area contributed by atoms with Crippen LogP contribution < -0.4 is 21.9 Å². The normalized spacial score (nSPS) is 12.7. The van der Waals surface area contributed by atoms with Crippen LogP contribution in [0.25, 0.3) is 33.1 Å². The standard InChI is InChI=1S/C41H46N4O7Si/c1-41(2,3)53(4,5)52-36(30-16-19-34(46)38-31(30)17-20-37(47)44-38)25-42-24-27-14-18-33-35(23-27)51-40(50)45(33)21-9-10-26-13-15-29(28-11-7-6-8-12-28)32(22-26)43-39(48)49/h6-8,11-20,22-23,36,42-43,46H,9-10,21,24-25H2,1-5H3,(H,44,47)(H,48,49)/t36-/m0/s1. The van der Waals surface area contributed by atoms with Gasteiger partial charge in [-0.15, -0.1) is 0 Å². The molecule has 53 heavy (non-hydrogen) atoms. The largest absolute Gasteiger partial charge is 0.506 e. The molecule has 0 saturated heterocycles. The van der Waals surface area contributed by atoms with Gasteiger partial charge in [-0.05, 0) is 83.6 Å². The summed E-state index contributed by atoms with van der Waals surface area (Å²) in [6.07, 6.45) is -0.216. The highest BCUT2D eigenvalue weighted by Crippen LogP contribution is 2.41. The van der Waals surface area contributed by atoms with Crippen LogP contribution >= 0.6 is 0 Å². The number of nitrogens with one attached hydrogen (secondary N) is 3. The lowest BCUT2D eigenvalue weighted by atomic mass is 9.99. The van der Waals surface area contributed by atoms with Crippen LogP contribution in [0, 0.1) is 0 Å². The predicted molar refractivity (Wildman–Crippen MR) is 211 cm³/mol. The number of aromatic hydroxyl groups is 1. The molecular formula is C41H46N4O7Si. The summed E-state index contributed by atoms with van der Waals surface area (Å²) in [7, 11) is -2.24. The molecule has 1 amide bonds. The smallest absolute Gasteiger partial charge is 0.419 e. The first-order valence-corrected chi connectivity index (χ1v) is 20.6. The van der Waals surface area contributed by atoms with E-state index in [1.54, 1.807) is 16.7 Å². The molecule has 4 aromatic carbocycles. The van der Waals surface area contributed by atoms with Crippen LogP contribution in [0.5, 0.6) is 5.75 Å². The van der Waals surface area contributed by atoms with Crippen molar-refractivity contribution in [2.45, 2.75) is 70.9 Å². The van der Waals surface area contributed by atoms with Gasteiger partial charge in [0, 0.05) is 36.7 Å². The zero-order valence-electron chi connectivity index (χ0n) is 30.7. The number of pyridine rings is 1. The Morgan fingerprint density at radius 1 is 0.962 bits per heavy atom. The lowest BCUT2D eigenvalue weighted by Gasteiger charge is -2.39. The molecule has 6 aromatic rings. The maximum Gasteiger partial charge on any atom is 0.419 e. The van der Waals surface area contributed by atoms with Crippen LogP contribution in [0.1, 0.15) is 50.0 Å². The molecule has 5 N–H and O–H groups in total. The zero-order chi connectivity index (χ0) is 37.9. The lowest BCUT2D eigenvalue weighted by Crippen LogP contribution is -2.43. The summed E-state index contributed by atoms with van der Waals surface area (Å²) in [4.78, 5) is 39.3. The number of nitrogens with zero attached hydrogens (tertiary/aromatic N) is 1. The molecule has 0 spiro atoms. The van der Waals surface area contributed by atoms with Gasteiger partial charge in [-0.3, -0.25) is 14.7 Å². The van der Waals surface area contributed by atoms with Crippen molar-refractivity contribution in [3.05, 3.63) is 129 Å². The van der Waals surface area contributed by atoms with Crippen LogP contribution in [0.3, 0.4) is 0 Å². The molecule has 0 saturated carbocycles. The summed E-state index contributed by atoms with van der Waals surface area (Å²) in [6.45, 7) is 12.3. The van der Waals surface area contributed by atoms with E-state index in [2.05, 4.69) is 49.5 Å². The number of amides is 1. The number of hydrogen-bond donors (Lipinski definition) is 5. The summed E-state index contributed by atoms with van der Waals surface area (Å²) in [5.74, 6) is -0.431. The fourth-order valence-electron chi connectivity index (χ4n) is 6.34. The van der Waals surface area contributed by atoms with Crippen molar-refractivity contribution < 1.29 is 23.9 Å². The van der Waals surface area contributed by atoms with Crippen molar-refractivity contribution in [1.82, 2.24) is 14.9 Å². The third-order valence-electron chi connectivity index (χ3n) is 10.1. The minimum Gasteiger partial charge on any atom is -0.506 e. The number of aryl methyl sites for hydroxylation is 2. The van der Waals surface area contributed by atoms with E-state index in [0.29, 0.717) is 54.8 Å². The minimum atomic E-state index is -2.24. The molecular weight excluding hydrogens is 689 g/mol. The molecule has 6 rings (SSSR count). The Bertz CT molecular complexity index is 2370. The number of hydrogen-bond acceptors (Lipinski definition) is 7. The molecule has 0 fully saturated rings. The summed E-state index contributed by atoms with van der Waals surface area (Å²) >= 11 is 0. The molecule has 12 heteroatoms. The first-order valence-electron chi connectivity index (χ1n) is 17.7. The Kier molecular flexibility index (Phi) is 10.8. The summed E-state index contributed by atoms with van der Waals surface area (Å²) in [6, 6.07) is 27.7. The first-order chi connectivity index (χ1) is 25.2. The highest BCUT2D eigenvalue weighted by molar-refractivity contribution is 6.74. The Balaban J connectivity index is 1.15. The maximum absolute atomic E-state index is 12.9. The van der Waals surface area contributed by atoms with Gasteiger partial charge in [0.25, 0.3) is 0 Å². The second-order valence-electron chi connectivity index (χ2n) is 14.9. The fourth-order valence-corrected chi connectivity index (χ4v) is 7.62. The second-order valence-corrected chi connectivity index (χ2v) is 19.6. The molecule has 1 atom stereocenters. The Labute approximate surface area is 308 Å². The van der Waals surface area contributed by atoms with E-state index in [9.17, 15) is 24.6 Å². The molecule has 11 nitrogen and oxygen atoms in total. The van der Waals surface area contributed by atoms with Gasteiger partial charge >= 0.3 is 11.8 Å². The number of carboxylic acid groups (broad SMARTS) is 1. The van der Waals surface area contributed by atoms with E-state index in [1.165, 1.54) is 6.07 Å². The summed E-state index contributed by atoms with van der Waals surface area (Å²) in [5, 5.41) is 26.7. The van der Waals surface area contributed by atoms with E-state index in [0.717, 1.165) is 33.2 Å². The zero-order valence-corrected chi connectivity index (χ0v) is 31.7. The molecule has 0 aliphatic carbocycles. The van der Waals surface area contributed by atoms with E-state index < -0.39 is 20.2 Å². The van der Waals surface area contributed by atoms with Crippen molar-refractivity contribution in [3.8, 4) is 16.9 Å². The minimum absolute atomic E-state index is 0.00175. The third-order valence-corrected chi connectivity index (χ3v) is 14.6. The molecule has 276 valence electrons. The van der Waals surface area contributed by atoms with Gasteiger partial charge in [0.05, 0.1) is 22.8 Å². The van der Waals surface area contributed by atoms with Gasteiger partial charge in [0.2, 0.25) is 5.56 Å². The lowest BCUT2D eigenvalue weighted by molar-refractivity contribution is 0.181. The monoisotopic (exact) mass is 734 g/mol. The molecule has 0 bridgehead atoms. The Hall–Kier alpha value is -5.43.